The number of hydrogen-bond donors (Lipinski definition) is 2. The molecule has 0 atom stereocenters. The zero-order chi connectivity index (χ0) is 19.3. The number of nitrogens with one attached hydrogen (secondary N) is 2. The Hall–Kier alpha value is -1.44. The summed E-state index contributed by atoms with van der Waals surface area (Å²) in [5, 5.41) is 0. The summed E-state index contributed by atoms with van der Waals surface area (Å²) in [5.74, 6) is 0.193. The third kappa shape index (κ3) is 5.77. The first kappa shape index (κ1) is 20.3. The van der Waals surface area contributed by atoms with Gasteiger partial charge in [-0.05, 0) is 37.0 Å². The molecule has 1 saturated heterocycles. The van der Waals surface area contributed by atoms with Crippen molar-refractivity contribution in [2.45, 2.75) is 55.9 Å². The van der Waals surface area contributed by atoms with Crippen molar-refractivity contribution in [2.24, 2.45) is 0 Å². The fraction of sp³-hybridized carbons (Fsp3) is 0.650. The molecule has 6 nitrogen and oxygen atoms in total. The molecule has 1 aliphatic heterocycles. The summed E-state index contributed by atoms with van der Waals surface area (Å²) in [7, 11) is -1.30. The first-order chi connectivity index (χ1) is 12.9. The van der Waals surface area contributed by atoms with E-state index in [0.29, 0.717) is 17.7 Å². The summed E-state index contributed by atoms with van der Waals surface area (Å²) in [6.07, 6.45) is 6.35. The van der Waals surface area contributed by atoms with Crippen LogP contribution in [-0.4, -0.2) is 58.5 Å². The van der Waals surface area contributed by atoms with Crippen LogP contribution in [0.5, 0.6) is 0 Å². The molecule has 0 unspecified atom stereocenters. The van der Waals surface area contributed by atoms with Gasteiger partial charge in [0.15, 0.2) is 0 Å². The lowest BCUT2D eigenvalue weighted by Crippen LogP contribution is -3.12. The van der Waals surface area contributed by atoms with Gasteiger partial charge in [0.2, 0.25) is 15.9 Å². The molecule has 2 N–H and O–H groups in total. The second-order valence-electron chi connectivity index (χ2n) is 7.94. The van der Waals surface area contributed by atoms with Gasteiger partial charge < -0.3 is 9.80 Å². The Morgan fingerprint density at radius 2 is 1.74 bits per heavy atom. The summed E-state index contributed by atoms with van der Waals surface area (Å²) in [5.41, 5.74) is 1.000. The minimum atomic E-state index is -3.46. The van der Waals surface area contributed by atoms with Crippen molar-refractivity contribution in [1.82, 2.24) is 9.62 Å². The number of quaternary nitrogens is 1. The number of rotatable bonds is 6. The van der Waals surface area contributed by atoms with Gasteiger partial charge in [-0.3, -0.25) is 4.79 Å². The molecular formula is C20H32N3O3S+. The molecule has 27 heavy (non-hydrogen) atoms. The zero-order valence-electron chi connectivity index (χ0n) is 16.2. The summed E-state index contributed by atoms with van der Waals surface area (Å²) in [6.45, 7) is 3.67. The van der Waals surface area contributed by atoms with E-state index in [2.05, 4.69) is 11.8 Å². The molecule has 1 amide bonds. The first-order valence-corrected chi connectivity index (χ1v) is 11.6. The highest BCUT2D eigenvalue weighted by Crippen LogP contribution is 2.20. The predicted molar refractivity (Wildman–Crippen MR) is 105 cm³/mol. The number of aryl methyl sites for hydroxylation is 1. The maximum atomic E-state index is 12.5. The Balaban J connectivity index is 1.51. The molecule has 3 rings (SSSR count). The van der Waals surface area contributed by atoms with Gasteiger partial charge in [0.05, 0.1) is 38.1 Å². The normalized spacial score (nSPS) is 20.0. The molecule has 0 bridgehead atoms. The summed E-state index contributed by atoms with van der Waals surface area (Å²) >= 11 is 0. The SMILES string of the molecule is C[NH+]1CCN(C(=O)CCc2ccc(S(=O)(=O)NC3CCCCC3)cc2)CC1. The van der Waals surface area contributed by atoms with E-state index < -0.39 is 10.0 Å². The van der Waals surface area contributed by atoms with Crippen LogP contribution in [0.15, 0.2) is 29.2 Å². The largest absolute Gasteiger partial charge is 0.334 e. The maximum Gasteiger partial charge on any atom is 0.240 e. The van der Waals surface area contributed by atoms with E-state index in [-0.39, 0.29) is 11.9 Å². The Labute approximate surface area is 163 Å². The molecule has 0 spiro atoms. The van der Waals surface area contributed by atoms with Crippen LogP contribution in [0.1, 0.15) is 44.1 Å². The zero-order valence-corrected chi connectivity index (χ0v) is 17.1. The van der Waals surface area contributed by atoms with E-state index in [1.165, 1.54) is 11.3 Å². The van der Waals surface area contributed by atoms with E-state index in [9.17, 15) is 13.2 Å². The van der Waals surface area contributed by atoms with Crippen molar-refractivity contribution in [3.8, 4) is 0 Å². The smallest absolute Gasteiger partial charge is 0.240 e. The van der Waals surface area contributed by atoms with Crippen LogP contribution in [0.4, 0.5) is 0 Å². The third-order valence-electron chi connectivity index (χ3n) is 5.76. The Morgan fingerprint density at radius 3 is 2.37 bits per heavy atom. The monoisotopic (exact) mass is 394 g/mol. The Bertz CT molecular complexity index is 719. The van der Waals surface area contributed by atoms with Crippen molar-refractivity contribution >= 4 is 15.9 Å². The second kappa shape index (κ2) is 9.17. The van der Waals surface area contributed by atoms with Gasteiger partial charge in [-0.1, -0.05) is 31.4 Å². The van der Waals surface area contributed by atoms with Gasteiger partial charge in [-0.15, -0.1) is 0 Å². The van der Waals surface area contributed by atoms with Gasteiger partial charge in [0, 0.05) is 12.5 Å². The highest BCUT2D eigenvalue weighted by atomic mass is 32.2. The molecule has 1 aromatic rings. The lowest BCUT2D eigenvalue weighted by Gasteiger charge is -2.30. The summed E-state index contributed by atoms with van der Waals surface area (Å²) < 4.78 is 27.9. The molecule has 1 aliphatic carbocycles. The molecule has 2 aliphatic rings. The number of sulfonamides is 1. The van der Waals surface area contributed by atoms with Gasteiger partial charge in [0.25, 0.3) is 0 Å². The lowest BCUT2D eigenvalue weighted by atomic mass is 9.96. The molecule has 1 heterocycles. The fourth-order valence-electron chi connectivity index (χ4n) is 3.89. The van der Waals surface area contributed by atoms with E-state index in [0.717, 1.165) is 57.4 Å². The molecule has 2 fully saturated rings. The van der Waals surface area contributed by atoms with Crippen LogP contribution >= 0.6 is 0 Å². The molecular weight excluding hydrogens is 362 g/mol. The molecule has 1 saturated carbocycles. The summed E-state index contributed by atoms with van der Waals surface area (Å²) in [4.78, 5) is 16.1. The number of benzene rings is 1. The van der Waals surface area contributed by atoms with E-state index in [4.69, 9.17) is 0 Å². The number of carbonyl (C=O) groups excluding carboxylic acids is 1. The van der Waals surface area contributed by atoms with E-state index in [1.807, 2.05) is 17.0 Å². The van der Waals surface area contributed by atoms with E-state index in [1.54, 1.807) is 12.1 Å². The number of carbonyl (C=O) groups is 1. The van der Waals surface area contributed by atoms with Crippen LogP contribution in [0, 0.1) is 0 Å². The molecule has 1 aromatic carbocycles. The van der Waals surface area contributed by atoms with Gasteiger partial charge in [-0.2, -0.15) is 0 Å². The van der Waals surface area contributed by atoms with Crippen LogP contribution in [0.25, 0.3) is 0 Å². The van der Waals surface area contributed by atoms with Gasteiger partial charge >= 0.3 is 0 Å². The number of nitrogens with zero attached hydrogens (tertiary/aromatic N) is 1. The average Bonchev–Trinajstić information content (AvgIpc) is 2.67. The van der Waals surface area contributed by atoms with E-state index >= 15 is 0 Å². The molecule has 0 aromatic heterocycles. The number of likely N-dealkylation sites (N-methyl/N-ethyl adjacent to an activating group) is 1. The third-order valence-corrected chi connectivity index (χ3v) is 7.29. The number of hydrogen-bond acceptors (Lipinski definition) is 3. The molecule has 150 valence electrons. The summed E-state index contributed by atoms with van der Waals surface area (Å²) in [6, 6.07) is 7.04. The topological polar surface area (TPSA) is 70.9 Å². The number of piperazine rings is 1. The molecule has 0 radical (unpaired) electrons. The van der Waals surface area contributed by atoms with Crippen molar-refractivity contribution in [1.29, 1.82) is 0 Å². The predicted octanol–water partition coefficient (Wildman–Crippen LogP) is 0.587. The molecule has 7 heteroatoms. The van der Waals surface area contributed by atoms with Crippen molar-refractivity contribution < 1.29 is 18.1 Å². The minimum absolute atomic E-state index is 0.0615. The first-order valence-electron chi connectivity index (χ1n) is 10.1. The number of amides is 1. The Kier molecular flexibility index (Phi) is 6.89. The Morgan fingerprint density at radius 1 is 1.11 bits per heavy atom. The van der Waals surface area contributed by atoms with Crippen LogP contribution in [0.3, 0.4) is 0 Å². The standard InChI is InChI=1S/C20H31N3O3S/c1-22-13-15-23(16-14-22)20(24)12-9-17-7-10-19(11-8-17)27(25,26)21-18-5-3-2-4-6-18/h7-8,10-11,18,21H,2-6,9,12-16H2,1H3/p+1. The van der Waals surface area contributed by atoms with Gasteiger partial charge in [-0.25, -0.2) is 13.1 Å². The van der Waals surface area contributed by atoms with Crippen molar-refractivity contribution in [3.05, 3.63) is 29.8 Å². The lowest BCUT2D eigenvalue weighted by molar-refractivity contribution is -0.883. The fourth-order valence-corrected chi connectivity index (χ4v) is 5.20. The quantitative estimate of drug-likeness (QED) is 0.742. The second-order valence-corrected chi connectivity index (χ2v) is 9.65. The highest BCUT2D eigenvalue weighted by molar-refractivity contribution is 7.89. The van der Waals surface area contributed by atoms with Crippen LogP contribution in [-0.2, 0) is 21.2 Å². The maximum absolute atomic E-state index is 12.5. The van der Waals surface area contributed by atoms with Crippen LogP contribution in [0.2, 0.25) is 0 Å². The highest BCUT2D eigenvalue weighted by Gasteiger charge is 2.22. The van der Waals surface area contributed by atoms with Crippen molar-refractivity contribution in [2.75, 3.05) is 33.2 Å². The van der Waals surface area contributed by atoms with Crippen LogP contribution < -0.4 is 9.62 Å². The average molecular weight is 395 g/mol. The van der Waals surface area contributed by atoms with Gasteiger partial charge in [0.1, 0.15) is 0 Å². The van der Waals surface area contributed by atoms with Crippen molar-refractivity contribution in [3.63, 3.8) is 0 Å². The minimum Gasteiger partial charge on any atom is -0.334 e.